The number of hydrogen-bond donors (Lipinski definition) is 3. The van der Waals surface area contributed by atoms with Crippen LogP contribution in [0.4, 0.5) is 5.69 Å². The lowest BCUT2D eigenvalue weighted by Crippen LogP contribution is -2.34. The van der Waals surface area contributed by atoms with E-state index < -0.39 is 27.6 Å². The summed E-state index contributed by atoms with van der Waals surface area (Å²) >= 11 is 0. The van der Waals surface area contributed by atoms with Crippen LogP contribution < -0.4 is 10.6 Å². The molecule has 0 aliphatic heterocycles. The Morgan fingerprint density at radius 1 is 1.02 bits per heavy atom. The first-order chi connectivity index (χ1) is 21.0. The number of amides is 2. The van der Waals surface area contributed by atoms with Crippen LogP contribution in [0.3, 0.4) is 0 Å². The van der Waals surface area contributed by atoms with Crippen molar-refractivity contribution in [2.75, 3.05) is 17.6 Å². The molecule has 2 atom stereocenters. The summed E-state index contributed by atoms with van der Waals surface area (Å²) in [5.41, 5.74) is 2.93. The van der Waals surface area contributed by atoms with E-state index in [1.54, 1.807) is 67.7 Å². The van der Waals surface area contributed by atoms with Gasteiger partial charge in [-0.25, -0.2) is 4.21 Å². The molecule has 0 radical (unpaired) electrons. The van der Waals surface area contributed by atoms with Gasteiger partial charge in [0.05, 0.1) is 21.0 Å². The number of nitrogens with one attached hydrogen (secondary N) is 2. The van der Waals surface area contributed by atoms with Crippen LogP contribution in [-0.2, 0) is 21.6 Å². The summed E-state index contributed by atoms with van der Waals surface area (Å²) in [7, 11) is -1.45. The number of carbonyl (C=O) groups excluding carboxylic acids is 2. The Hall–Kier alpha value is -5.12. The van der Waals surface area contributed by atoms with E-state index in [0.29, 0.717) is 40.4 Å². The van der Waals surface area contributed by atoms with E-state index in [9.17, 15) is 18.6 Å². The SMILES string of the molecule is Cc1cc(C(=O)Nc2cccc(C#Cc3cncc(C(=O)N=S(=O)(CCCNC(C)C(=O)O)c4ccccc4)c3)c2)n(C)n1. The minimum absolute atomic E-state index is 0.0576. The van der Waals surface area contributed by atoms with Gasteiger partial charge < -0.3 is 15.7 Å². The third-order valence-corrected chi connectivity index (χ3v) is 8.76. The lowest BCUT2D eigenvalue weighted by molar-refractivity contribution is -0.138. The average molecular weight is 613 g/mol. The van der Waals surface area contributed by atoms with Crippen LogP contribution in [0, 0.1) is 18.8 Å². The molecular formula is C32H32N6O5S. The Morgan fingerprint density at radius 2 is 1.77 bits per heavy atom. The summed E-state index contributed by atoms with van der Waals surface area (Å²) < 4.78 is 19.6. The zero-order valence-corrected chi connectivity index (χ0v) is 25.3. The molecule has 0 aliphatic rings. The van der Waals surface area contributed by atoms with E-state index >= 15 is 0 Å². The number of carboxylic acids is 1. The lowest BCUT2D eigenvalue weighted by atomic mass is 10.1. The fraction of sp³-hybridized carbons (Fsp3) is 0.219. The summed E-state index contributed by atoms with van der Waals surface area (Å²) in [6, 6.07) is 18.0. The van der Waals surface area contributed by atoms with Crippen LogP contribution in [0.25, 0.3) is 0 Å². The number of aliphatic carboxylic acids is 1. The molecule has 3 N–H and O–H groups in total. The van der Waals surface area contributed by atoms with Gasteiger partial charge in [0, 0.05) is 46.9 Å². The predicted octanol–water partition coefficient (Wildman–Crippen LogP) is 3.90. The maximum Gasteiger partial charge on any atom is 0.320 e. The molecular weight excluding hydrogens is 580 g/mol. The Balaban J connectivity index is 1.51. The van der Waals surface area contributed by atoms with Gasteiger partial charge in [-0.2, -0.15) is 9.46 Å². The average Bonchev–Trinajstić information content (AvgIpc) is 3.36. The van der Waals surface area contributed by atoms with Crippen molar-refractivity contribution < 1.29 is 23.7 Å². The zero-order chi connectivity index (χ0) is 31.7. The number of aromatic nitrogens is 3. The molecule has 0 saturated heterocycles. The second-order valence-corrected chi connectivity index (χ2v) is 12.3. The van der Waals surface area contributed by atoms with Gasteiger partial charge in [0.15, 0.2) is 0 Å². The highest BCUT2D eigenvalue weighted by molar-refractivity contribution is 7.94. The van der Waals surface area contributed by atoms with Gasteiger partial charge in [-0.05, 0) is 69.3 Å². The van der Waals surface area contributed by atoms with Crippen LogP contribution in [0.5, 0.6) is 0 Å². The van der Waals surface area contributed by atoms with Gasteiger partial charge in [-0.3, -0.25) is 24.0 Å². The van der Waals surface area contributed by atoms with Gasteiger partial charge in [0.25, 0.3) is 11.8 Å². The number of anilines is 1. The zero-order valence-electron chi connectivity index (χ0n) is 24.5. The van der Waals surface area contributed by atoms with Gasteiger partial charge in [0.2, 0.25) is 0 Å². The third-order valence-electron chi connectivity index (χ3n) is 6.45. The highest BCUT2D eigenvalue weighted by Gasteiger charge is 2.18. The molecule has 44 heavy (non-hydrogen) atoms. The summed E-state index contributed by atoms with van der Waals surface area (Å²) in [4.78, 5) is 41.5. The fourth-order valence-corrected chi connectivity index (χ4v) is 6.10. The normalized spacial score (nSPS) is 12.7. The molecule has 4 rings (SSSR count). The molecule has 2 unspecified atom stereocenters. The topological polar surface area (TPSA) is 156 Å². The maximum absolute atomic E-state index is 13.9. The second-order valence-electron chi connectivity index (χ2n) is 9.96. The van der Waals surface area contributed by atoms with Crippen LogP contribution >= 0.6 is 0 Å². The van der Waals surface area contributed by atoms with Crippen molar-refractivity contribution in [2.45, 2.75) is 31.2 Å². The van der Waals surface area contributed by atoms with Crippen LogP contribution in [-0.4, -0.2) is 60.2 Å². The molecule has 0 saturated carbocycles. The summed E-state index contributed by atoms with van der Waals surface area (Å²) in [5.74, 6) is 4.07. The number of carboxylic acid groups (broad SMARTS) is 1. The van der Waals surface area contributed by atoms with Crippen molar-refractivity contribution in [3.8, 4) is 11.8 Å². The first kappa shape index (κ1) is 31.8. The van der Waals surface area contributed by atoms with Crippen molar-refractivity contribution in [3.63, 3.8) is 0 Å². The number of pyridine rings is 1. The first-order valence-electron chi connectivity index (χ1n) is 13.7. The number of carbonyl (C=O) groups is 3. The maximum atomic E-state index is 13.9. The van der Waals surface area contributed by atoms with E-state index in [-0.39, 0.29) is 17.2 Å². The number of hydrogen-bond acceptors (Lipinski definition) is 7. The Morgan fingerprint density at radius 3 is 2.48 bits per heavy atom. The van der Waals surface area contributed by atoms with E-state index in [0.717, 1.165) is 5.69 Å². The summed E-state index contributed by atoms with van der Waals surface area (Å²) in [5, 5.41) is 19.0. The summed E-state index contributed by atoms with van der Waals surface area (Å²) in [6.45, 7) is 3.62. The molecule has 0 fully saturated rings. The first-order valence-corrected chi connectivity index (χ1v) is 15.4. The number of rotatable bonds is 10. The van der Waals surface area contributed by atoms with Gasteiger partial charge in [0.1, 0.15) is 11.7 Å². The molecule has 12 heteroatoms. The molecule has 0 aliphatic carbocycles. The number of aryl methyl sites for hydroxylation is 2. The van der Waals surface area contributed by atoms with Gasteiger partial charge in [-0.15, -0.1) is 0 Å². The molecule has 2 aromatic carbocycles. The van der Waals surface area contributed by atoms with Crippen molar-refractivity contribution >= 4 is 33.2 Å². The molecule has 2 heterocycles. The van der Waals surface area contributed by atoms with Crippen molar-refractivity contribution in [3.05, 3.63) is 107 Å². The van der Waals surface area contributed by atoms with Crippen LogP contribution in [0.1, 0.15) is 51.0 Å². The molecule has 226 valence electrons. The fourth-order valence-electron chi connectivity index (χ4n) is 4.17. The van der Waals surface area contributed by atoms with E-state index in [1.165, 1.54) is 30.1 Å². The van der Waals surface area contributed by atoms with Crippen molar-refractivity contribution in [1.29, 1.82) is 0 Å². The molecule has 0 spiro atoms. The highest BCUT2D eigenvalue weighted by atomic mass is 32.2. The van der Waals surface area contributed by atoms with Crippen molar-refractivity contribution in [2.24, 2.45) is 11.4 Å². The van der Waals surface area contributed by atoms with E-state index in [2.05, 4.69) is 36.9 Å². The van der Waals surface area contributed by atoms with Crippen LogP contribution in [0.15, 0.2) is 88.4 Å². The minimum atomic E-state index is -3.15. The number of benzene rings is 2. The number of nitrogens with zero attached hydrogens (tertiary/aromatic N) is 4. The van der Waals surface area contributed by atoms with E-state index in [4.69, 9.17) is 5.11 Å². The minimum Gasteiger partial charge on any atom is -0.480 e. The third kappa shape index (κ3) is 8.47. The highest BCUT2D eigenvalue weighted by Crippen LogP contribution is 2.17. The molecule has 4 aromatic rings. The quantitative estimate of drug-likeness (QED) is 0.180. The molecule has 2 aromatic heterocycles. The largest absolute Gasteiger partial charge is 0.480 e. The van der Waals surface area contributed by atoms with Crippen LogP contribution in [0.2, 0.25) is 0 Å². The van der Waals surface area contributed by atoms with Gasteiger partial charge >= 0.3 is 5.97 Å². The van der Waals surface area contributed by atoms with E-state index in [1.807, 2.05) is 6.92 Å². The second kappa shape index (κ2) is 14.4. The standard InChI is InChI=1S/C32H32N6O5S/c1-22-17-29(38(3)36-22)31(40)35-27-10-7-9-24(19-27)13-14-25-18-26(21-33-20-25)30(39)37-44(43,28-11-5-4-6-12-28)16-8-15-34-23(2)32(41)42/h4-7,9-12,17-21,23,34H,8,15-16H2,1-3H3,(H,35,40)(H,41,42). The smallest absolute Gasteiger partial charge is 0.320 e. The Bertz CT molecular complexity index is 1870. The van der Waals surface area contributed by atoms with Crippen molar-refractivity contribution in [1.82, 2.24) is 20.1 Å². The monoisotopic (exact) mass is 612 g/mol. The Labute approximate surface area is 255 Å². The molecule has 0 bridgehead atoms. The predicted molar refractivity (Wildman–Crippen MR) is 167 cm³/mol. The van der Waals surface area contributed by atoms with Gasteiger partial charge in [-0.1, -0.05) is 36.1 Å². The lowest BCUT2D eigenvalue weighted by Gasteiger charge is -2.12. The molecule has 2 amide bonds. The summed E-state index contributed by atoms with van der Waals surface area (Å²) in [6.07, 6.45) is 3.19. The molecule has 11 nitrogen and oxygen atoms in total. The Kier molecular flexibility index (Phi) is 10.4.